The molecule has 0 aliphatic carbocycles. The Labute approximate surface area is 143 Å². The third kappa shape index (κ3) is 3.18. The smallest absolute Gasteiger partial charge is 0.277 e. The van der Waals surface area contributed by atoms with E-state index in [0.717, 1.165) is 47.9 Å². The topological polar surface area (TPSA) is 107 Å². The molecule has 0 saturated heterocycles. The van der Waals surface area contributed by atoms with Gasteiger partial charge in [0.2, 0.25) is 0 Å². The molecular formula is C17H15N3O5. The average Bonchev–Trinajstić information content (AvgIpc) is 2.59. The van der Waals surface area contributed by atoms with Gasteiger partial charge in [0.15, 0.2) is 0 Å². The number of fused-ring (bicyclic) bond motifs is 1. The first-order valence-corrected chi connectivity index (χ1v) is 7.72. The molecule has 0 radical (unpaired) electrons. The first-order valence-electron chi connectivity index (χ1n) is 7.72. The summed E-state index contributed by atoms with van der Waals surface area (Å²) in [7, 11) is 0. The van der Waals surface area contributed by atoms with Crippen LogP contribution in [-0.2, 0) is 6.42 Å². The quantitative estimate of drug-likeness (QED) is 0.628. The SMILES string of the molecule is Cc1ccc2c(c1)CCCN2C(=O)c1cc([N+](=O)[O-])cc([N+](=O)[O-])c1. The van der Waals surface area contributed by atoms with Crippen LogP contribution in [0.2, 0.25) is 0 Å². The summed E-state index contributed by atoms with van der Waals surface area (Å²) in [4.78, 5) is 35.0. The van der Waals surface area contributed by atoms with Crippen molar-refractivity contribution < 1.29 is 14.6 Å². The minimum atomic E-state index is -0.739. The van der Waals surface area contributed by atoms with Crippen molar-refractivity contribution in [2.75, 3.05) is 11.4 Å². The Bertz CT molecular complexity index is 862. The van der Waals surface area contributed by atoms with Gasteiger partial charge in [-0.15, -0.1) is 0 Å². The number of nitrogens with zero attached hydrogens (tertiary/aromatic N) is 3. The van der Waals surface area contributed by atoms with Crippen LogP contribution in [0.3, 0.4) is 0 Å². The average molecular weight is 341 g/mol. The predicted octanol–water partition coefficient (Wildman–Crippen LogP) is 3.40. The van der Waals surface area contributed by atoms with Crippen molar-refractivity contribution in [2.24, 2.45) is 0 Å². The largest absolute Gasteiger partial charge is 0.308 e. The molecule has 1 aliphatic rings. The Morgan fingerprint density at radius 2 is 1.68 bits per heavy atom. The van der Waals surface area contributed by atoms with E-state index in [1.165, 1.54) is 4.90 Å². The summed E-state index contributed by atoms with van der Waals surface area (Å²) in [6.45, 7) is 2.43. The van der Waals surface area contributed by atoms with Crippen LogP contribution in [0.1, 0.15) is 27.9 Å². The van der Waals surface area contributed by atoms with Gasteiger partial charge in [0.1, 0.15) is 0 Å². The Morgan fingerprint density at radius 3 is 2.28 bits per heavy atom. The van der Waals surface area contributed by atoms with Gasteiger partial charge in [0, 0.05) is 24.4 Å². The summed E-state index contributed by atoms with van der Waals surface area (Å²) in [6.07, 6.45) is 1.61. The molecular weight excluding hydrogens is 326 g/mol. The number of amides is 1. The van der Waals surface area contributed by atoms with Gasteiger partial charge in [-0.05, 0) is 31.4 Å². The van der Waals surface area contributed by atoms with E-state index in [-0.39, 0.29) is 5.56 Å². The first-order chi connectivity index (χ1) is 11.9. The minimum absolute atomic E-state index is 0.0608. The third-order valence-corrected chi connectivity index (χ3v) is 4.17. The van der Waals surface area contributed by atoms with Gasteiger partial charge in [0.05, 0.1) is 21.5 Å². The Hall–Kier alpha value is -3.29. The molecule has 0 aromatic heterocycles. The zero-order chi connectivity index (χ0) is 18.1. The van der Waals surface area contributed by atoms with Gasteiger partial charge < -0.3 is 4.90 Å². The van der Waals surface area contributed by atoms with Gasteiger partial charge in [-0.2, -0.15) is 0 Å². The van der Waals surface area contributed by atoms with Crippen LogP contribution < -0.4 is 4.90 Å². The van der Waals surface area contributed by atoms with Crippen molar-refractivity contribution in [3.8, 4) is 0 Å². The molecule has 25 heavy (non-hydrogen) atoms. The van der Waals surface area contributed by atoms with Crippen LogP contribution in [0.25, 0.3) is 0 Å². The number of hydrogen-bond acceptors (Lipinski definition) is 5. The van der Waals surface area contributed by atoms with Crippen LogP contribution in [0.4, 0.5) is 17.1 Å². The fraction of sp³-hybridized carbons (Fsp3) is 0.235. The lowest BCUT2D eigenvalue weighted by atomic mass is 9.98. The highest BCUT2D eigenvalue weighted by Crippen LogP contribution is 2.31. The summed E-state index contributed by atoms with van der Waals surface area (Å²) >= 11 is 0. The molecule has 0 spiro atoms. The maximum Gasteiger partial charge on any atom is 0.277 e. The normalized spacial score (nSPS) is 13.2. The maximum absolute atomic E-state index is 12.9. The van der Waals surface area contributed by atoms with Crippen molar-refractivity contribution >= 4 is 23.0 Å². The number of benzene rings is 2. The fourth-order valence-electron chi connectivity index (χ4n) is 3.02. The number of non-ortho nitro benzene ring substituents is 2. The van der Waals surface area contributed by atoms with E-state index in [2.05, 4.69) is 0 Å². The number of rotatable bonds is 3. The standard InChI is InChI=1S/C17H15N3O5/c1-11-4-5-16-12(7-11)3-2-6-18(16)17(21)13-8-14(19(22)23)10-15(9-13)20(24)25/h4-5,7-10H,2-3,6H2,1H3. The molecule has 0 bridgehead atoms. The molecule has 0 N–H and O–H groups in total. The van der Waals surface area contributed by atoms with Gasteiger partial charge in [-0.3, -0.25) is 25.0 Å². The number of nitro benzene ring substituents is 2. The Morgan fingerprint density at radius 1 is 1.04 bits per heavy atom. The number of anilines is 1. The van der Waals surface area contributed by atoms with Crippen molar-refractivity contribution in [3.63, 3.8) is 0 Å². The molecule has 1 heterocycles. The number of nitro groups is 2. The fourth-order valence-corrected chi connectivity index (χ4v) is 3.02. The third-order valence-electron chi connectivity index (χ3n) is 4.17. The summed E-state index contributed by atoms with van der Waals surface area (Å²) < 4.78 is 0. The summed E-state index contributed by atoms with van der Waals surface area (Å²) in [5.41, 5.74) is 1.85. The highest BCUT2D eigenvalue weighted by Gasteiger charge is 2.27. The zero-order valence-electron chi connectivity index (χ0n) is 13.5. The molecule has 8 heteroatoms. The van der Waals surface area contributed by atoms with Crippen LogP contribution >= 0.6 is 0 Å². The van der Waals surface area contributed by atoms with Crippen LogP contribution in [0, 0.1) is 27.2 Å². The van der Waals surface area contributed by atoms with Crippen molar-refractivity contribution in [2.45, 2.75) is 19.8 Å². The molecule has 1 amide bonds. The van der Waals surface area contributed by atoms with Crippen molar-refractivity contribution in [1.29, 1.82) is 0 Å². The van der Waals surface area contributed by atoms with E-state index in [0.29, 0.717) is 6.54 Å². The van der Waals surface area contributed by atoms with E-state index in [1.807, 2.05) is 25.1 Å². The van der Waals surface area contributed by atoms with E-state index in [1.54, 1.807) is 0 Å². The Kier molecular flexibility index (Phi) is 4.18. The van der Waals surface area contributed by atoms with Gasteiger partial charge in [-0.1, -0.05) is 17.7 Å². The Balaban J connectivity index is 2.05. The van der Waals surface area contributed by atoms with Crippen molar-refractivity contribution in [3.05, 3.63) is 73.3 Å². The van der Waals surface area contributed by atoms with Crippen molar-refractivity contribution in [1.82, 2.24) is 0 Å². The summed E-state index contributed by atoms with van der Waals surface area (Å²) in [5.74, 6) is -0.475. The molecule has 2 aromatic carbocycles. The highest BCUT2D eigenvalue weighted by molar-refractivity contribution is 6.07. The molecule has 8 nitrogen and oxygen atoms in total. The lowest BCUT2D eigenvalue weighted by Crippen LogP contribution is -2.35. The molecule has 1 aliphatic heterocycles. The number of aryl methyl sites for hydroxylation is 2. The van der Waals surface area contributed by atoms with Crippen LogP contribution in [0.5, 0.6) is 0 Å². The highest BCUT2D eigenvalue weighted by atomic mass is 16.6. The molecule has 0 unspecified atom stereocenters. The summed E-state index contributed by atoms with van der Waals surface area (Å²) in [5, 5.41) is 22.0. The number of hydrogen-bond donors (Lipinski definition) is 0. The summed E-state index contributed by atoms with van der Waals surface area (Å²) in [6, 6.07) is 8.75. The lowest BCUT2D eigenvalue weighted by Gasteiger charge is -2.29. The minimum Gasteiger partial charge on any atom is -0.308 e. The van der Waals surface area contributed by atoms with E-state index in [9.17, 15) is 25.0 Å². The van der Waals surface area contributed by atoms with Gasteiger partial charge >= 0.3 is 0 Å². The second kappa shape index (κ2) is 6.31. The molecule has 0 saturated carbocycles. The first kappa shape index (κ1) is 16.6. The van der Waals surface area contributed by atoms with Gasteiger partial charge in [-0.25, -0.2) is 0 Å². The zero-order valence-corrected chi connectivity index (χ0v) is 13.5. The molecule has 0 atom stereocenters. The number of carbonyl (C=O) groups excluding carboxylic acids is 1. The molecule has 3 rings (SSSR count). The van der Waals surface area contributed by atoms with E-state index in [4.69, 9.17) is 0 Å². The van der Waals surface area contributed by atoms with Gasteiger partial charge in [0.25, 0.3) is 17.3 Å². The van der Waals surface area contributed by atoms with E-state index < -0.39 is 27.1 Å². The molecule has 0 fully saturated rings. The maximum atomic E-state index is 12.9. The molecule has 128 valence electrons. The molecule has 2 aromatic rings. The van der Waals surface area contributed by atoms with Crippen LogP contribution in [0.15, 0.2) is 36.4 Å². The number of carbonyl (C=O) groups is 1. The van der Waals surface area contributed by atoms with Crippen LogP contribution in [-0.4, -0.2) is 22.3 Å². The van der Waals surface area contributed by atoms with E-state index >= 15 is 0 Å². The monoisotopic (exact) mass is 341 g/mol. The second-order valence-electron chi connectivity index (χ2n) is 5.94. The predicted molar refractivity (Wildman–Crippen MR) is 90.9 cm³/mol. The lowest BCUT2D eigenvalue weighted by molar-refractivity contribution is -0.394. The second-order valence-corrected chi connectivity index (χ2v) is 5.94.